The SMILES string of the molecule is COc1cccc(C2Nc3ccccc3C(=O)N2[O-])c1O. The van der Waals surface area contributed by atoms with E-state index in [0.29, 0.717) is 16.3 Å². The van der Waals surface area contributed by atoms with E-state index in [1.54, 1.807) is 42.5 Å². The van der Waals surface area contributed by atoms with Gasteiger partial charge in [0.15, 0.2) is 11.5 Å². The van der Waals surface area contributed by atoms with Crippen LogP contribution in [0.15, 0.2) is 42.5 Å². The number of anilines is 1. The molecule has 3 rings (SSSR count). The first kappa shape index (κ1) is 13.3. The number of carbonyl (C=O) groups is 1. The van der Waals surface area contributed by atoms with E-state index in [0.717, 1.165) is 0 Å². The Morgan fingerprint density at radius 1 is 1.24 bits per heavy atom. The largest absolute Gasteiger partial charge is 0.754 e. The Hall–Kier alpha value is -2.73. The summed E-state index contributed by atoms with van der Waals surface area (Å²) < 4.78 is 5.02. The first-order chi connectivity index (χ1) is 10.1. The number of benzene rings is 2. The summed E-state index contributed by atoms with van der Waals surface area (Å²) in [6, 6.07) is 11.5. The highest BCUT2D eigenvalue weighted by Crippen LogP contribution is 2.39. The predicted octanol–water partition coefficient (Wildman–Crippen LogP) is 2.47. The van der Waals surface area contributed by atoms with E-state index in [-0.39, 0.29) is 17.1 Å². The molecule has 0 bridgehead atoms. The second kappa shape index (κ2) is 4.99. The summed E-state index contributed by atoms with van der Waals surface area (Å²) in [6.45, 7) is 0. The van der Waals surface area contributed by atoms with Gasteiger partial charge in [-0.1, -0.05) is 24.3 Å². The molecule has 0 radical (unpaired) electrons. The van der Waals surface area contributed by atoms with Crippen molar-refractivity contribution in [1.82, 2.24) is 5.06 Å². The molecule has 1 atom stereocenters. The quantitative estimate of drug-likeness (QED) is 0.885. The van der Waals surface area contributed by atoms with Gasteiger partial charge < -0.3 is 25.4 Å². The van der Waals surface area contributed by atoms with Gasteiger partial charge in [-0.15, -0.1) is 0 Å². The molecule has 0 spiro atoms. The molecule has 0 fully saturated rings. The lowest BCUT2D eigenvalue weighted by atomic mass is 10.0. The highest BCUT2D eigenvalue weighted by molar-refractivity contribution is 6.02. The zero-order chi connectivity index (χ0) is 15.0. The summed E-state index contributed by atoms with van der Waals surface area (Å²) >= 11 is 0. The zero-order valence-electron chi connectivity index (χ0n) is 11.2. The molecule has 1 aliphatic heterocycles. The number of phenolic OH excluding ortho intramolecular Hbond substituents is 1. The average molecular weight is 285 g/mol. The van der Waals surface area contributed by atoms with Crippen LogP contribution in [0.2, 0.25) is 0 Å². The van der Waals surface area contributed by atoms with Gasteiger partial charge in [-0.05, 0) is 18.2 Å². The first-order valence-electron chi connectivity index (χ1n) is 6.35. The average Bonchev–Trinajstić information content (AvgIpc) is 2.51. The van der Waals surface area contributed by atoms with Gasteiger partial charge in [-0.3, -0.25) is 4.79 Å². The Balaban J connectivity index is 2.07. The fourth-order valence-corrected chi connectivity index (χ4v) is 2.37. The number of methoxy groups -OCH3 is 1. The Morgan fingerprint density at radius 2 is 2.00 bits per heavy atom. The summed E-state index contributed by atoms with van der Waals surface area (Å²) in [5, 5.41) is 25.6. The van der Waals surface area contributed by atoms with Crippen molar-refractivity contribution in [3.8, 4) is 11.5 Å². The summed E-state index contributed by atoms with van der Waals surface area (Å²) in [5.41, 5.74) is 1.15. The molecule has 2 aromatic rings. The number of rotatable bonds is 2. The van der Waals surface area contributed by atoms with Gasteiger partial charge in [0.25, 0.3) is 0 Å². The lowest BCUT2D eigenvalue weighted by Gasteiger charge is -2.42. The van der Waals surface area contributed by atoms with E-state index in [9.17, 15) is 15.1 Å². The maximum atomic E-state index is 12.2. The minimum absolute atomic E-state index is 0.162. The third-order valence-electron chi connectivity index (χ3n) is 3.43. The van der Waals surface area contributed by atoms with Crippen molar-refractivity contribution in [2.45, 2.75) is 6.17 Å². The molecular formula is C15H13N2O4-. The van der Waals surface area contributed by atoms with E-state index in [4.69, 9.17) is 4.74 Å². The van der Waals surface area contributed by atoms with Crippen LogP contribution in [0.3, 0.4) is 0 Å². The van der Waals surface area contributed by atoms with Crippen LogP contribution in [0.5, 0.6) is 11.5 Å². The number of para-hydroxylation sites is 2. The van der Waals surface area contributed by atoms with E-state index in [2.05, 4.69) is 5.32 Å². The molecule has 1 unspecified atom stereocenters. The van der Waals surface area contributed by atoms with Gasteiger partial charge in [0, 0.05) is 11.3 Å². The molecule has 2 N–H and O–H groups in total. The van der Waals surface area contributed by atoms with Gasteiger partial charge in [-0.2, -0.15) is 0 Å². The van der Waals surface area contributed by atoms with Crippen LogP contribution < -0.4 is 10.1 Å². The third kappa shape index (κ3) is 2.05. The maximum absolute atomic E-state index is 12.2. The smallest absolute Gasteiger partial charge is 0.247 e. The molecular weight excluding hydrogens is 272 g/mol. The number of hydroxylamine groups is 2. The van der Waals surface area contributed by atoms with Crippen molar-refractivity contribution in [1.29, 1.82) is 0 Å². The molecule has 6 heteroatoms. The lowest BCUT2D eigenvalue weighted by Crippen LogP contribution is -2.39. The van der Waals surface area contributed by atoms with E-state index in [1.165, 1.54) is 7.11 Å². The number of nitrogens with zero attached hydrogens (tertiary/aromatic N) is 1. The molecule has 6 nitrogen and oxygen atoms in total. The van der Waals surface area contributed by atoms with Crippen molar-refractivity contribution < 1.29 is 14.6 Å². The highest BCUT2D eigenvalue weighted by Gasteiger charge is 2.29. The number of carbonyl (C=O) groups excluding carboxylic acids is 1. The number of phenols is 1. The Labute approximate surface area is 121 Å². The van der Waals surface area contributed by atoms with Gasteiger partial charge in [0.1, 0.15) is 6.17 Å². The summed E-state index contributed by atoms with van der Waals surface area (Å²) in [5.74, 6) is -0.559. The molecule has 21 heavy (non-hydrogen) atoms. The number of amides is 1. The summed E-state index contributed by atoms with van der Waals surface area (Å²) in [4.78, 5) is 12.1. The number of hydrogen-bond acceptors (Lipinski definition) is 5. The van der Waals surface area contributed by atoms with Gasteiger partial charge in [0.2, 0.25) is 5.91 Å². The Morgan fingerprint density at radius 3 is 2.76 bits per heavy atom. The monoisotopic (exact) mass is 285 g/mol. The van der Waals surface area contributed by atoms with Crippen LogP contribution in [0.25, 0.3) is 0 Å². The van der Waals surface area contributed by atoms with Gasteiger partial charge in [-0.25, -0.2) is 0 Å². The van der Waals surface area contributed by atoms with Gasteiger partial charge in [0.05, 0.1) is 12.7 Å². The first-order valence-corrected chi connectivity index (χ1v) is 6.35. The minimum Gasteiger partial charge on any atom is -0.754 e. The Kier molecular flexibility index (Phi) is 3.15. The number of aromatic hydroxyl groups is 1. The standard InChI is InChI=1S/C15H13N2O4/c1-21-12-8-4-6-10(13(12)18)14-16-11-7-3-2-5-9(11)15(19)17(14)20/h2-8,14,16,18H,1H3/q-1. The van der Waals surface area contributed by atoms with Crippen LogP contribution >= 0.6 is 0 Å². The van der Waals surface area contributed by atoms with Crippen LogP contribution in [0, 0.1) is 5.21 Å². The fourth-order valence-electron chi connectivity index (χ4n) is 2.37. The van der Waals surface area contributed by atoms with E-state index >= 15 is 0 Å². The van der Waals surface area contributed by atoms with Crippen LogP contribution in [-0.2, 0) is 0 Å². The second-order valence-corrected chi connectivity index (χ2v) is 4.62. The number of nitrogens with one attached hydrogen (secondary N) is 1. The van der Waals surface area contributed by atoms with Crippen molar-refractivity contribution in [3.63, 3.8) is 0 Å². The van der Waals surface area contributed by atoms with Crippen molar-refractivity contribution in [3.05, 3.63) is 58.8 Å². The molecule has 0 aromatic heterocycles. The molecule has 108 valence electrons. The fraction of sp³-hybridized carbons (Fsp3) is 0.133. The normalized spacial score (nSPS) is 17.1. The highest BCUT2D eigenvalue weighted by atomic mass is 16.5. The zero-order valence-corrected chi connectivity index (χ0v) is 11.2. The van der Waals surface area contributed by atoms with Crippen molar-refractivity contribution in [2.75, 3.05) is 12.4 Å². The number of fused-ring (bicyclic) bond motifs is 1. The van der Waals surface area contributed by atoms with E-state index < -0.39 is 12.1 Å². The van der Waals surface area contributed by atoms with Crippen molar-refractivity contribution >= 4 is 11.6 Å². The second-order valence-electron chi connectivity index (χ2n) is 4.62. The van der Waals surface area contributed by atoms with Gasteiger partial charge >= 0.3 is 0 Å². The molecule has 1 aliphatic rings. The minimum atomic E-state index is -0.998. The van der Waals surface area contributed by atoms with Crippen LogP contribution in [-0.4, -0.2) is 23.2 Å². The molecule has 2 aromatic carbocycles. The van der Waals surface area contributed by atoms with E-state index in [1.807, 2.05) is 0 Å². The topological polar surface area (TPSA) is 84.9 Å². The Bertz CT molecular complexity index is 702. The number of hydrogen-bond donors (Lipinski definition) is 2. The molecule has 0 saturated heterocycles. The number of ether oxygens (including phenoxy) is 1. The van der Waals surface area contributed by atoms with Crippen molar-refractivity contribution in [2.24, 2.45) is 0 Å². The summed E-state index contributed by atoms with van der Waals surface area (Å²) in [7, 11) is 1.42. The summed E-state index contributed by atoms with van der Waals surface area (Å²) in [6.07, 6.45) is -0.998. The maximum Gasteiger partial charge on any atom is 0.247 e. The van der Waals surface area contributed by atoms with Crippen LogP contribution in [0.1, 0.15) is 22.1 Å². The molecule has 1 heterocycles. The molecule has 0 saturated carbocycles. The predicted molar refractivity (Wildman–Crippen MR) is 77.0 cm³/mol. The molecule has 1 amide bonds. The van der Waals surface area contributed by atoms with Crippen LogP contribution in [0.4, 0.5) is 5.69 Å². The lowest BCUT2D eigenvalue weighted by molar-refractivity contribution is 0.0770. The molecule has 0 aliphatic carbocycles. The third-order valence-corrected chi connectivity index (χ3v) is 3.43.